The highest BCUT2D eigenvalue weighted by Crippen LogP contribution is 2.44. The van der Waals surface area contributed by atoms with Crippen molar-refractivity contribution < 1.29 is 14.4 Å². The Morgan fingerprint density at radius 2 is 1.75 bits per heavy atom. The molecule has 3 aliphatic rings. The van der Waals surface area contributed by atoms with Crippen LogP contribution in [0.4, 0.5) is 10.5 Å². The van der Waals surface area contributed by atoms with Gasteiger partial charge in [-0.05, 0) is 30.0 Å². The Bertz CT molecular complexity index is 758. The van der Waals surface area contributed by atoms with Crippen LogP contribution >= 0.6 is 11.6 Å². The lowest BCUT2D eigenvalue weighted by Crippen LogP contribution is -2.50. The van der Waals surface area contributed by atoms with E-state index in [1.807, 2.05) is 0 Å². The quantitative estimate of drug-likeness (QED) is 0.567. The van der Waals surface area contributed by atoms with E-state index in [0.717, 1.165) is 18.4 Å². The molecule has 1 aromatic rings. The van der Waals surface area contributed by atoms with E-state index in [-0.39, 0.29) is 0 Å². The van der Waals surface area contributed by atoms with E-state index in [2.05, 4.69) is 16.0 Å². The number of benzene rings is 1. The Morgan fingerprint density at radius 3 is 2.42 bits per heavy atom. The topological polar surface area (TPSA) is 87.3 Å². The summed E-state index contributed by atoms with van der Waals surface area (Å²) in [4.78, 5) is 36.7. The van der Waals surface area contributed by atoms with E-state index < -0.39 is 23.4 Å². The number of urea groups is 1. The van der Waals surface area contributed by atoms with Crippen LogP contribution in [-0.2, 0) is 21.5 Å². The number of carbonyl (C=O) groups is 3. The third-order valence-electron chi connectivity index (χ3n) is 5.31. The zero-order valence-electron chi connectivity index (χ0n) is 13.1. The predicted octanol–water partition coefficient (Wildman–Crippen LogP) is 2.45. The van der Waals surface area contributed by atoms with Crippen molar-refractivity contribution in [3.05, 3.63) is 28.3 Å². The van der Waals surface area contributed by atoms with Crippen molar-refractivity contribution in [1.29, 1.82) is 0 Å². The molecule has 4 amide bonds. The Morgan fingerprint density at radius 1 is 1.04 bits per heavy atom. The summed E-state index contributed by atoms with van der Waals surface area (Å²) in [5.74, 6) is -0.695. The molecule has 4 rings (SSSR count). The van der Waals surface area contributed by atoms with Gasteiger partial charge in [0.05, 0.1) is 0 Å². The maximum absolute atomic E-state index is 12.5. The van der Waals surface area contributed by atoms with Crippen LogP contribution < -0.4 is 16.0 Å². The minimum absolute atomic E-state index is 0.482. The summed E-state index contributed by atoms with van der Waals surface area (Å²) in [6, 6.07) is 2.77. The van der Waals surface area contributed by atoms with Gasteiger partial charge in [-0.1, -0.05) is 43.7 Å². The van der Waals surface area contributed by atoms with Crippen molar-refractivity contribution in [2.24, 2.45) is 5.92 Å². The summed E-state index contributed by atoms with van der Waals surface area (Å²) >= 11 is 6.44. The molecule has 1 spiro atoms. The smallest absolute Gasteiger partial charge is 0.323 e. The first-order valence-electron chi connectivity index (χ1n) is 8.29. The highest BCUT2D eigenvalue weighted by molar-refractivity contribution is 6.33. The molecule has 6 nitrogen and oxygen atoms in total. The third-order valence-corrected chi connectivity index (χ3v) is 5.66. The number of nitrogens with one attached hydrogen (secondary N) is 3. The Balaban J connectivity index is 1.82. The molecule has 2 heterocycles. The normalized spacial score (nSPS) is 26.3. The number of hydrogen-bond donors (Lipinski definition) is 3. The van der Waals surface area contributed by atoms with Crippen LogP contribution in [0.25, 0.3) is 0 Å². The molecule has 1 aromatic carbocycles. The molecule has 2 aliphatic heterocycles. The number of halogens is 1. The fourth-order valence-corrected chi connectivity index (χ4v) is 4.39. The Hall–Kier alpha value is -2.08. The highest BCUT2D eigenvalue weighted by atomic mass is 35.5. The number of anilines is 1. The van der Waals surface area contributed by atoms with Crippen LogP contribution in [-0.4, -0.2) is 17.8 Å². The van der Waals surface area contributed by atoms with Gasteiger partial charge in [-0.15, -0.1) is 0 Å². The first-order chi connectivity index (χ1) is 11.5. The lowest BCUT2D eigenvalue weighted by molar-refractivity contribution is -0.132. The standard InChI is InChI=1S/C17H18ClN3O3/c18-11-6-7-12-13(10(11)8-9-4-2-1-3-5-9)17(14(22)19-12)15(23)20-16(24)21-17/h6-7,9H,1-5,8H2,(H,19,22)(H2,20,21,23,24). The van der Waals surface area contributed by atoms with E-state index in [1.165, 1.54) is 19.3 Å². The summed E-state index contributed by atoms with van der Waals surface area (Å²) in [5, 5.41) is 7.94. The van der Waals surface area contributed by atoms with Crippen molar-refractivity contribution in [3.63, 3.8) is 0 Å². The minimum atomic E-state index is -1.69. The molecule has 24 heavy (non-hydrogen) atoms. The molecule has 1 saturated heterocycles. The number of fused-ring (bicyclic) bond motifs is 2. The zero-order valence-corrected chi connectivity index (χ0v) is 13.8. The molecule has 7 heteroatoms. The average Bonchev–Trinajstić information content (AvgIpc) is 3.01. The average molecular weight is 348 g/mol. The molecule has 1 saturated carbocycles. The van der Waals surface area contributed by atoms with E-state index in [0.29, 0.717) is 28.6 Å². The first-order valence-corrected chi connectivity index (χ1v) is 8.67. The van der Waals surface area contributed by atoms with E-state index in [4.69, 9.17) is 11.6 Å². The predicted molar refractivity (Wildman–Crippen MR) is 88.7 cm³/mol. The number of rotatable bonds is 2. The van der Waals surface area contributed by atoms with E-state index >= 15 is 0 Å². The number of amides is 4. The molecule has 1 unspecified atom stereocenters. The van der Waals surface area contributed by atoms with Gasteiger partial charge >= 0.3 is 6.03 Å². The molecule has 0 radical (unpaired) electrons. The molecule has 0 aromatic heterocycles. The maximum atomic E-state index is 12.5. The number of imide groups is 1. The number of hydrogen-bond acceptors (Lipinski definition) is 3. The van der Waals surface area contributed by atoms with Gasteiger partial charge in [-0.3, -0.25) is 14.9 Å². The van der Waals surface area contributed by atoms with Gasteiger partial charge in [-0.25, -0.2) is 4.79 Å². The lowest BCUT2D eigenvalue weighted by Gasteiger charge is -2.26. The molecule has 1 atom stereocenters. The highest BCUT2D eigenvalue weighted by Gasteiger charge is 2.59. The largest absolute Gasteiger partial charge is 0.323 e. The molecule has 1 aliphatic carbocycles. The van der Waals surface area contributed by atoms with E-state index in [1.54, 1.807) is 12.1 Å². The van der Waals surface area contributed by atoms with Gasteiger partial charge in [0.1, 0.15) is 0 Å². The van der Waals surface area contributed by atoms with Gasteiger partial charge in [0.25, 0.3) is 11.8 Å². The first kappa shape index (κ1) is 15.4. The Labute approximate surface area is 144 Å². The van der Waals surface area contributed by atoms with Gasteiger partial charge in [0.2, 0.25) is 5.54 Å². The van der Waals surface area contributed by atoms with Crippen molar-refractivity contribution in [2.45, 2.75) is 44.1 Å². The number of carbonyl (C=O) groups excluding carboxylic acids is 3. The molecule has 0 bridgehead atoms. The lowest BCUT2D eigenvalue weighted by atomic mass is 9.80. The third kappa shape index (κ3) is 2.13. The summed E-state index contributed by atoms with van der Waals surface area (Å²) < 4.78 is 0. The SMILES string of the molecule is O=C1NC(=O)C2(N1)C(=O)Nc1ccc(Cl)c(CC3CCCCC3)c12. The van der Waals surface area contributed by atoms with E-state index in [9.17, 15) is 14.4 Å². The van der Waals surface area contributed by atoms with Crippen molar-refractivity contribution in [2.75, 3.05) is 5.32 Å². The van der Waals surface area contributed by atoms with Gasteiger partial charge in [0, 0.05) is 16.3 Å². The molecular weight excluding hydrogens is 330 g/mol. The summed E-state index contributed by atoms with van der Waals surface area (Å²) in [6.07, 6.45) is 6.58. The van der Waals surface area contributed by atoms with Gasteiger partial charge in [0.15, 0.2) is 0 Å². The second-order valence-corrected chi connectivity index (χ2v) is 7.18. The maximum Gasteiger partial charge on any atom is 0.323 e. The molecule has 2 fully saturated rings. The molecule has 126 valence electrons. The van der Waals surface area contributed by atoms with Crippen molar-refractivity contribution in [1.82, 2.24) is 10.6 Å². The molecule has 3 N–H and O–H groups in total. The van der Waals surface area contributed by atoms with Crippen LogP contribution in [0.15, 0.2) is 12.1 Å². The minimum Gasteiger partial charge on any atom is -0.323 e. The Kier molecular flexibility index (Phi) is 3.53. The zero-order chi connectivity index (χ0) is 16.9. The summed E-state index contributed by atoms with van der Waals surface area (Å²) in [5.41, 5.74) is 0.152. The second-order valence-electron chi connectivity index (χ2n) is 6.77. The summed E-state index contributed by atoms with van der Waals surface area (Å²) in [7, 11) is 0. The summed E-state index contributed by atoms with van der Waals surface area (Å²) in [6.45, 7) is 0. The van der Waals surface area contributed by atoms with Gasteiger partial charge in [-0.2, -0.15) is 0 Å². The van der Waals surface area contributed by atoms with Crippen molar-refractivity contribution >= 4 is 35.1 Å². The van der Waals surface area contributed by atoms with Crippen LogP contribution in [0.1, 0.15) is 43.2 Å². The van der Waals surface area contributed by atoms with Crippen LogP contribution in [0.5, 0.6) is 0 Å². The van der Waals surface area contributed by atoms with Crippen LogP contribution in [0.3, 0.4) is 0 Å². The fraction of sp³-hybridized carbons (Fsp3) is 0.471. The molecular formula is C17H18ClN3O3. The fourth-order valence-electron chi connectivity index (χ4n) is 4.16. The van der Waals surface area contributed by atoms with Crippen molar-refractivity contribution in [3.8, 4) is 0 Å². The van der Waals surface area contributed by atoms with Gasteiger partial charge < -0.3 is 10.6 Å². The van der Waals surface area contributed by atoms with Crippen LogP contribution in [0, 0.1) is 5.92 Å². The van der Waals surface area contributed by atoms with Crippen LogP contribution in [0.2, 0.25) is 5.02 Å². The second kappa shape index (κ2) is 5.48. The monoisotopic (exact) mass is 347 g/mol.